The number of fused-ring (bicyclic) bond motifs is 1. The number of anilines is 2. The minimum Gasteiger partial charge on any atom is -0.481 e. The number of rotatable bonds is 3. The van der Waals surface area contributed by atoms with E-state index in [2.05, 4.69) is 5.10 Å². The van der Waals surface area contributed by atoms with Crippen molar-refractivity contribution >= 4 is 29.0 Å². The van der Waals surface area contributed by atoms with Gasteiger partial charge in [0.15, 0.2) is 0 Å². The number of carboxylic acid groups (broad SMARTS) is 1. The second-order valence-corrected chi connectivity index (χ2v) is 6.62. The highest BCUT2D eigenvalue weighted by Gasteiger charge is 2.36. The van der Waals surface area contributed by atoms with Gasteiger partial charge in [0.2, 0.25) is 0 Å². The van der Waals surface area contributed by atoms with Crippen LogP contribution in [0.5, 0.6) is 0 Å². The highest BCUT2D eigenvalue weighted by Crippen LogP contribution is 2.37. The van der Waals surface area contributed by atoms with Crippen molar-refractivity contribution in [3.05, 3.63) is 59.7 Å². The summed E-state index contributed by atoms with van der Waals surface area (Å²) in [6, 6.07) is 14.5. The van der Waals surface area contributed by atoms with Gasteiger partial charge in [-0.15, -0.1) is 0 Å². The van der Waals surface area contributed by atoms with Gasteiger partial charge in [-0.2, -0.15) is 5.10 Å². The first kappa shape index (κ1) is 16.3. The summed E-state index contributed by atoms with van der Waals surface area (Å²) in [6.07, 6.45) is 0.946. The first-order valence-corrected chi connectivity index (χ1v) is 8.60. The lowest BCUT2D eigenvalue weighted by molar-refractivity contribution is -0.138. The van der Waals surface area contributed by atoms with E-state index in [9.17, 15) is 14.7 Å². The van der Waals surface area contributed by atoms with Crippen LogP contribution < -0.4 is 9.91 Å². The zero-order valence-corrected chi connectivity index (χ0v) is 14.4. The SMILES string of the molecule is CC1=NN(c2ccc(C(=O)N3C[C@@H](C(=O)O)c4ccccc43)cc2)CC1. The predicted molar refractivity (Wildman–Crippen MR) is 100 cm³/mol. The fraction of sp³-hybridized carbons (Fsp3) is 0.250. The molecule has 0 bridgehead atoms. The molecule has 2 heterocycles. The maximum absolute atomic E-state index is 13.0. The number of carbonyl (C=O) groups excluding carboxylic acids is 1. The third-order valence-corrected chi connectivity index (χ3v) is 4.90. The maximum atomic E-state index is 13.0. The molecule has 2 aliphatic rings. The summed E-state index contributed by atoms with van der Waals surface area (Å²) >= 11 is 0. The molecule has 6 heteroatoms. The van der Waals surface area contributed by atoms with Gasteiger partial charge in [-0.25, -0.2) is 0 Å². The molecule has 1 N–H and O–H groups in total. The van der Waals surface area contributed by atoms with E-state index in [1.807, 2.05) is 30.1 Å². The number of hydrogen-bond acceptors (Lipinski definition) is 4. The fourth-order valence-corrected chi connectivity index (χ4v) is 3.50. The van der Waals surface area contributed by atoms with Gasteiger partial charge < -0.3 is 10.0 Å². The van der Waals surface area contributed by atoms with Gasteiger partial charge in [0, 0.05) is 36.5 Å². The van der Waals surface area contributed by atoms with Crippen molar-refractivity contribution in [1.29, 1.82) is 0 Å². The Morgan fingerprint density at radius 1 is 1.12 bits per heavy atom. The van der Waals surface area contributed by atoms with E-state index in [-0.39, 0.29) is 12.5 Å². The lowest BCUT2D eigenvalue weighted by atomic mass is 10.0. The summed E-state index contributed by atoms with van der Waals surface area (Å²) in [6.45, 7) is 3.01. The molecule has 0 saturated heterocycles. The standard InChI is InChI=1S/C20H19N3O3/c1-13-10-11-23(21-13)15-8-6-14(7-9-15)19(24)22-12-17(20(25)26)16-4-2-3-5-18(16)22/h2-9,17H,10-12H2,1H3,(H,25,26)/t17-/m1/s1. The van der Waals surface area contributed by atoms with Gasteiger partial charge in [-0.05, 0) is 42.8 Å². The van der Waals surface area contributed by atoms with E-state index >= 15 is 0 Å². The maximum Gasteiger partial charge on any atom is 0.312 e. The Bertz CT molecular complexity index is 905. The Labute approximate surface area is 151 Å². The van der Waals surface area contributed by atoms with Gasteiger partial charge in [-0.3, -0.25) is 14.6 Å². The summed E-state index contributed by atoms with van der Waals surface area (Å²) in [7, 11) is 0. The van der Waals surface area contributed by atoms with E-state index < -0.39 is 11.9 Å². The molecule has 132 valence electrons. The van der Waals surface area contributed by atoms with E-state index in [0.29, 0.717) is 16.8 Å². The zero-order valence-electron chi connectivity index (χ0n) is 14.4. The van der Waals surface area contributed by atoms with Crippen molar-refractivity contribution < 1.29 is 14.7 Å². The van der Waals surface area contributed by atoms with Gasteiger partial charge in [0.25, 0.3) is 5.91 Å². The number of benzene rings is 2. The highest BCUT2D eigenvalue weighted by atomic mass is 16.4. The number of aliphatic carboxylic acids is 1. The van der Waals surface area contributed by atoms with Crippen molar-refractivity contribution in [3.8, 4) is 0 Å². The molecule has 0 aromatic heterocycles. The minimum atomic E-state index is -0.912. The second kappa shape index (κ2) is 6.29. The van der Waals surface area contributed by atoms with Gasteiger partial charge in [-0.1, -0.05) is 18.2 Å². The van der Waals surface area contributed by atoms with E-state index in [4.69, 9.17) is 0 Å². The molecule has 0 saturated carbocycles. The highest BCUT2D eigenvalue weighted by molar-refractivity contribution is 6.09. The number of nitrogens with zero attached hydrogens (tertiary/aromatic N) is 3. The van der Waals surface area contributed by atoms with E-state index in [0.717, 1.165) is 24.4 Å². The van der Waals surface area contributed by atoms with Crippen LogP contribution in [0.25, 0.3) is 0 Å². The van der Waals surface area contributed by atoms with Crippen LogP contribution in [0, 0.1) is 0 Å². The average Bonchev–Trinajstić information content (AvgIpc) is 3.25. The van der Waals surface area contributed by atoms with Gasteiger partial charge in [0.1, 0.15) is 5.92 Å². The van der Waals surface area contributed by atoms with Crippen molar-refractivity contribution in [3.63, 3.8) is 0 Å². The third-order valence-electron chi connectivity index (χ3n) is 4.90. The van der Waals surface area contributed by atoms with Crippen LogP contribution in [0.15, 0.2) is 53.6 Å². The van der Waals surface area contributed by atoms with Crippen LogP contribution in [0.3, 0.4) is 0 Å². The molecule has 0 unspecified atom stereocenters. The molecular formula is C20H19N3O3. The molecule has 6 nitrogen and oxygen atoms in total. The summed E-state index contributed by atoms with van der Waals surface area (Å²) in [4.78, 5) is 26.0. The van der Waals surface area contributed by atoms with Gasteiger partial charge in [0.05, 0.1) is 5.69 Å². The molecule has 2 aromatic rings. The smallest absolute Gasteiger partial charge is 0.312 e. The molecule has 1 atom stereocenters. The zero-order chi connectivity index (χ0) is 18.3. The molecule has 0 fully saturated rings. The van der Waals surface area contributed by atoms with Crippen LogP contribution in [-0.4, -0.2) is 35.8 Å². The Kier molecular flexibility index (Phi) is 3.95. The minimum absolute atomic E-state index is 0.158. The average molecular weight is 349 g/mol. The number of amides is 1. The van der Waals surface area contributed by atoms with E-state index in [1.54, 1.807) is 35.2 Å². The summed E-state index contributed by atoms with van der Waals surface area (Å²) < 4.78 is 0. The molecule has 0 spiro atoms. The molecule has 1 amide bonds. The molecule has 2 aromatic carbocycles. The molecule has 0 radical (unpaired) electrons. The number of hydrogen-bond donors (Lipinski definition) is 1. The molecule has 4 rings (SSSR count). The van der Waals surface area contributed by atoms with Crippen LogP contribution in [-0.2, 0) is 4.79 Å². The Morgan fingerprint density at radius 2 is 1.85 bits per heavy atom. The summed E-state index contributed by atoms with van der Waals surface area (Å²) in [5.41, 5.74) is 3.94. The first-order chi connectivity index (χ1) is 12.5. The van der Waals surface area contributed by atoms with Crippen molar-refractivity contribution in [2.45, 2.75) is 19.3 Å². The normalized spacial score (nSPS) is 18.7. The topological polar surface area (TPSA) is 73.2 Å². The Hall–Kier alpha value is -3.15. The number of carbonyl (C=O) groups is 2. The monoisotopic (exact) mass is 349 g/mol. The number of carboxylic acids is 1. The van der Waals surface area contributed by atoms with Crippen LogP contribution >= 0.6 is 0 Å². The Balaban J connectivity index is 1.59. The first-order valence-electron chi connectivity index (χ1n) is 8.60. The van der Waals surface area contributed by atoms with Crippen molar-refractivity contribution in [2.24, 2.45) is 5.10 Å². The van der Waals surface area contributed by atoms with Crippen LogP contribution in [0.1, 0.15) is 35.2 Å². The lowest BCUT2D eigenvalue weighted by Gasteiger charge is -2.18. The molecule has 26 heavy (non-hydrogen) atoms. The fourth-order valence-electron chi connectivity index (χ4n) is 3.50. The number of hydrazone groups is 1. The van der Waals surface area contributed by atoms with Crippen LogP contribution in [0.2, 0.25) is 0 Å². The third kappa shape index (κ3) is 2.73. The van der Waals surface area contributed by atoms with Crippen molar-refractivity contribution in [2.75, 3.05) is 23.0 Å². The quantitative estimate of drug-likeness (QED) is 0.924. The number of para-hydroxylation sites is 1. The summed E-state index contributed by atoms with van der Waals surface area (Å²) in [5.74, 6) is -1.78. The van der Waals surface area contributed by atoms with Gasteiger partial charge >= 0.3 is 5.97 Å². The van der Waals surface area contributed by atoms with Crippen molar-refractivity contribution in [1.82, 2.24) is 0 Å². The predicted octanol–water partition coefficient (Wildman–Crippen LogP) is 3.10. The largest absolute Gasteiger partial charge is 0.481 e. The lowest BCUT2D eigenvalue weighted by Crippen LogP contribution is -2.31. The van der Waals surface area contributed by atoms with E-state index in [1.165, 1.54) is 0 Å². The summed E-state index contributed by atoms with van der Waals surface area (Å²) in [5, 5.41) is 15.8. The molecule has 2 aliphatic heterocycles. The molecule has 0 aliphatic carbocycles. The Morgan fingerprint density at radius 3 is 2.50 bits per heavy atom. The molecular weight excluding hydrogens is 330 g/mol. The second-order valence-electron chi connectivity index (χ2n) is 6.62. The van der Waals surface area contributed by atoms with Crippen LogP contribution in [0.4, 0.5) is 11.4 Å².